The molecule has 4 rings (SSSR count). The van der Waals surface area contributed by atoms with E-state index in [4.69, 9.17) is 14.2 Å². The van der Waals surface area contributed by atoms with Crippen molar-refractivity contribution in [1.29, 1.82) is 0 Å². The molecule has 4 aromatic rings. The SMILES string of the molecule is CCOC(=O)c1nn(-c2ccc(C(F)(F)F)cc2)c(=O)c2c(NC(=O)c3ccc(OCC)c(OCC)c3)scc12. The Morgan fingerprint density at radius 3 is 2.27 bits per heavy atom. The second-order valence-corrected chi connectivity index (χ2v) is 9.05. The van der Waals surface area contributed by atoms with Gasteiger partial charge < -0.3 is 19.5 Å². The van der Waals surface area contributed by atoms with Crippen molar-refractivity contribution in [3.63, 3.8) is 0 Å². The zero-order valence-corrected chi connectivity index (χ0v) is 22.4. The molecular formula is C27H24F3N3O6S. The quantitative estimate of drug-likeness (QED) is 0.255. The smallest absolute Gasteiger partial charge is 0.416 e. The van der Waals surface area contributed by atoms with E-state index in [1.165, 1.54) is 17.5 Å². The average Bonchev–Trinajstić information content (AvgIpc) is 3.34. The van der Waals surface area contributed by atoms with Crippen molar-refractivity contribution in [1.82, 2.24) is 9.78 Å². The standard InChI is InChI=1S/C27H24F3N3O6S/c1-4-37-19-12-7-15(13-20(19)38-5-2)23(34)31-24-21-18(14-40-24)22(26(36)39-6-3)32-33(25(21)35)17-10-8-16(9-11-17)27(28,29)30/h7-14H,4-6H2,1-3H3,(H,31,34). The molecule has 1 N–H and O–H groups in total. The minimum Gasteiger partial charge on any atom is -0.490 e. The fraction of sp³-hybridized carbons (Fsp3) is 0.259. The number of benzene rings is 2. The summed E-state index contributed by atoms with van der Waals surface area (Å²) in [4.78, 5) is 39.4. The normalized spacial score (nSPS) is 11.3. The summed E-state index contributed by atoms with van der Waals surface area (Å²) in [6.07, 6.45) is -4.58. The first-order valence-corrected chi connectivity index (χ1v) is 13.1. The first-order valence-electron chi connectivity index (χ1n) is 12.2. The van der Waals surface area contributed by atoms with E-state index in [0.29, 0.717) is 24.7 Å². The first-order chi connectivity index (χ1) is 19.1. The zero-order valence-electron chi connectivity index (χ0n) is 21.6. The van der Waals surface area contributed by atoms with Crippen molar-refractivity contribution < 1.29 is 37.0 Å². The molecule has 2 aromatic carbocycles. The summed E-state index contributed by atoms with van der Waals surface area (Å²) in [6, 6.07) is 8.37. The Kier molecular flexibility index (Phi) is 8.43. The number of thiophene rings is 1. The molecule has 1 amide bonds. The Hall–Kier alpha value is -4.39. The molecule has 0 bridgehead atoms. The topological polar surface area (TPSA) is 109 Å². The van der Waals surface area contributed by atoms with Crippen LogP contribution in [0.4, 0.5) is 18.2 Å². The Balaban J connectivity index is 1.80. The van der Waals surface area contributed by atoms with Crippen LogP contribution in [0.1, 0.15) is 47.2 Å². The van der Waals surface area contributed by atoms with Gasteiger partial charge in [0.1, 0.15) is 5.00 Å². The Bertz CT molecular complexity index is 1610. The molecule has 210 valence electrons. The summed E-state index contributed by atoms with van der Waals surface area (Å²) in [7, 11) is 0. The van der Waals surface area contributed by atoms with Crippen molar-refractivity contribution in [3.8, 4) is 17.2 Å². The van der Waals surface area contributed by atoms with Gasteiger partial charge in [0, 0.05) is 16.3 Å². The van der Waals surface area contributed by atoms with Crippen LogP contribution in [0.5, 0.6) is 11.5 Å². The van der Waals surface area contributed by atoms with Crippen LogP contribution in [0.2, 0.25) is 0 Å². The number of aromatic nitrogens is 2. The molecular weight excluding hydrogens is 551 g/mol. The van der Waals surface area contributed by atoms with Crippen molar-refractivity contribution in [2.45, 2.75) is 26.9 Å². The van der Waals surface area contributed by atoms with Gasteiger partial charge in [-0.2, -0.15) is 23.0 Å². The Morgan fingerprint density at radius 1 is 0.975 bits per heavy atom. The molecule has 0 unspecified atom stereocenters. The number of amides is 1. The molecule has 0 aliphatic heterocycles. The summed E-state index contributed by atoms with van der Waals surface area (Å²) >= 11 is 0.987. The molecule has 13 heteroatoms. The van der Waals surface area contributed by atoms with E-state index in [1.807, 2.05) is 6.92 Å². The predicted molar refractivity (Wildman–Crippen MR) is 143 cm³/mol. The van der Waals surface area contributed by atoms with E-state index >= 15 is 0 Å². The molecule has 40 heavy (non-hydrogen) atoms. The third-order valence-electron chi connectivity index (χ3n) is 5.59. The number of nitrogens with zero attached hydrogens (tertiary/aromatic N) is 2. The van der Waals surface area contributed by atoms with Crippen molar-refractivity contribution in [3.05, 3.63) is 75.0 Å². The number of rotatable bonds is 9. The molecule has 9 nitrogen and oxygen atoms in total. The highest BCUT2D eigenvalue weighted by Crippen LogP contribution is 2.33. The highest BCUT2D eigenvalue weighted by molar-refractivity contribution is 7.16. The summed E-state index contributed by atoms with van der Waals surface area (Å²) < 4.78 is 56.2. The van der Waals surface area contributed by atoms with E-state index in [-0.39, 0.29) is 39.3 Å². The molecule has 0 atom stereocenters. The lowest BCUT2D eigenvalue weighted by molar-refractivity contribution is -0.137. The number of hydrogen-bond acceptors (Lipinski definition) is 8. The fourth-order valence-electron chi connectivity index (χ4n) is 3.83. The predicted octanol–water partition coefficient (Wildman–Crippen LogP) is 5.69. The molecule has 0 saturated heterocycles. The summed E-state index contributed by atoms with van der Waals surface area (Å²) in [5.74, 6) is -0.571. The van der Waals surface area contributed by atoms with Crippen molar-refractivity contribution >= 4 is 39.0 Å². The van der Waals surface area contributed by atoms with E-state index in [2.05, 4.69) is 10.4 Å². The number of anilines is 1. The highest BCUT2D eigenvalue weighted by Gasteiger charge is 2.30. The van der Waals surface area contributed by atoms with Crippen LogP contribution in [0.3, 0.4) is 0 Å². The maximum atomic E-state index is 13.5. The number of halogens is 3. The van der Waals surface area contributed by atoms with E-state index in [1.54, 1.807) is 19.9 Å². The highest BCUT2D eigenvalue weighted by atomic mass is 32.1. The largest absolute Gasteiger partial charge is 0.490 e. The fourth-order valence-corrected chi connectivity index (χ4v) is 4.76. The lowest BCUT2D eigenvalue weighted by Gasteiger charge is -2.13. The summed E-state index contributed by atoms with van der Waals surface area (Å²) in [5, 5.41) is 8.47. The number of ether oxygens (including phenoxy) is 3. The molecule has 0 saturated carbocycles. The van der Waals surface area contributed by atoms with Gasteiger partial charge in [-0.1, -0.05) is 0 Å². The van der Waals surface area contributed by atoms with Crippen LogP contribution in [-0.2, 0) is 10.9 Å². The van der Waals surface area contributed by atoms with Gasteiger partial charge in [-0.3, -0.25) is 9.59 Å². The summed E-state index contributed by atoms with van der Waals surface area (Å²) in [5.41, 5.74) is -1.69. The van der Waals surface area contributed by atoms with Gasteiger partial charge in [-0.15, -0.1) is 11.3 Å². The Morgan fingerprint density at radius 2 is 1.65 bits per heavy atom. The Labute approximate surface area is 230 Å². The van der Waals surface area contributed by atoms with Crippen LogP contribution >= 0.6 is 11.3 Å². The van der Waals surface area contributed by atoms with E-state index in [9.17, 15) is 27.6 Å². The zero-order chi connectivity index (χ0) is 29.0. The van der Waals surface area contributed by atoms with Crippen molar-refractivity contribution in [2.75, 3.05) is 25.1 Å². The van der Waals surface area contributed by atoms with Gasteiger partial charge in [0.05, 0.1) is 36.5 Å². The number of carbonyl (C=O) groups is 2. The van der Waals surface area contributed by atoms with Gasteiger partial charge in [0.25, 0.3) is 11.5 Å². The number of nitrogens with one attached hydrogen (secondary N) is 1. The average molecular weight is 576 g/mol. The van der Waals surface area contributed by atoms with Crippen LogP contribution in [0, 0.1) is 0 Å². The maximum absolute atomic E-state index is 13.5. The second kappa shape index (κ2) is 11.8. The molecule has 0 fully saturated rings. The minimum atomic E-state index is -4.58. The van der Waals surface area contributed by atoms with E-state index in [0.717, 1.165) is 40.3 Å². The number of alkyl halides is 3. The van der Waals surface area contributed by atoms with Crippen LogP contribution in [-0.4, -0.2) is 41.5 Å². The van der Waals surface area contributed by atoms with Crippen LogP contribution < -0.4 is 20.3 Å². The molecule has 0 aliphatic carbocycles. The number of hydrogen-bond donors (Lipinski definition) is 1. The monoisotopic (exact) mass is 575 g/mol. The third kappa shape index (κ3) is 5.78. The van der Waals surface area contributed by atoms with Gasteiger partial charge in [0.2, 0.25) is 0 Å². The minimum absolute atomic E-state index is 0.0122. The van der Waals surface area contributed by atoms with E-state index < -0.39 is 29.2 Å². The molecule has 2 heterocycles. The van der Waals surface area contributed by atoms with Gasteiger partial charge in [-0.05, 0) is 63.2 Å². The van der Waals surface area contributed by atoms with Crippen LogP contribution in [0.25, 0.3) is 16.5 Å². The van der Waals surface area contributed by atoms with Crippen molar-refractivity contribution in [2.24, 2.45) is 0 Å². The van der Waals surface area contributed by atoms with Gasteiger partial charge >= 0.3 is 12.1 Å². The lowest BCUT2D eigenvalue weighted by Crippen LogP contribution is -2.25. The molecule has 2 aromatic heterocycles. The van der Waals surface area contributed by atoms with Crippen LogP contribution in [0.15, 0.2) is 52.6 Å². The molecule has 0 aliphatic rings. The number of esters is 1. The third-order valence-corrected chi connectivity index (χ3v) is 6.49. The number of carbonyl (C=O) groups excluding carboxylic acids is 2. The molecule has 0 radical (unpaired) electrons. The van der Waals surface area contributed by atoms with Gasteiger partial charge in [-0.25, -0.2) is 4.79 Å². The second-order valence-electron chi connectivity index (χ2n) is 8.17. The lowest BCUT2D eigenvalue weighted by atomic mass is 10.1. The maximum Gasteiger partial charge on any atom is 0.416 e. The van der Waals surface area contributed by atoms with Gasteiger partial charge in [0.15, 0.2) is 17.2 Å². The first kappa shape index (κ1) is 28.6. The summed E-state index contributed by atoms with van der Waals surface area (Å²) in [6.45, 7) is 5.96. The number of fused-ring (bicyclic) bond motifs is 1. The molecule has 0 spiro atoms.